The number of aryl methyl sites for hydroxylation is 1. The Morgan fingerprint density at radius 3 is 2.78 bits per heavy atom. The van der Waals surface area contributed by atoms with Gasteiger partial charge in [-0.1, -0.05) is 13.0 Å². The number of carbonyl (C=O) groups is 1. The monoisotopic (exact) mass is 315 g/mol. The zero-order valence-electron chi connectivity index (χ0n) is 14.1. The first-order valence-corrected chi connectivity index (χ1v) is 8.01. The summed E-state index contributed by atoms with van der Waals surface area (Å²) in [5.74, 6) is 0.881. The number of carbonyl (C=O) groups excluding carboxylic acids is 1. The topological polar surface area (TPSA) is 63.1 Å². The van der Waals surface area contributed by atoms with Crippen LogP contribution in [0.4, 0.5) is 4.79 Å². The van der Waals surface area contributed by atoms with Crippen molar-refractivity contribution in [1.29, 1.82) is 0 Å². The minimum atomic E-state index is -0.0571. The fourth-order valence-corrected chi connectivity index (χ4v) is 2.43. The summed E-state index contributed by atoms with van der Waals surface area (Å²) in [6, 6.07) is 5.79. The van der Waals surface area contributed by atoms with Crippen LogP contribution < -0.4 is 5.32 Å². The van der Waals surface area contributed by atoms with Crippen molar-refractivity contribution in [3.8, 4) is 0 Å². The molecule has 1 atom stereocenters. The zero-order valence-corrected chi connectivity index (χ0v) is 14.1. The van der Waals surface area contributed by atoms with Crippen LogP contribution in [0.3, 0.4) is 0 Å². The molecule has 0 radical (unpaired) electrons. The Kier molecular flexibility index (Phi) is 6.14. The highest BCUT2D eigenvalue weighted by Crippen LogP contribution is 2.05. The molecule has 0 saturated carbocycles. The van der Waals surface area contributed by atoms with Gasteiger partial charge in [0.25, 0.3) is 0 Å². The maximum atomic E-state index is 12.5. The summed E-state index contributed by atoms with van der Waals surface area (Å²) in [4.78, 5) is 22.9. The SMILES string of the molecule is CCCN(Cc1nccn1C)C(=O)NC(C)Cc1ccccn1. The highest BCUT2D eigenvalue weighted by molar-refractivity contribution is 5.74. The lowest BCUT2D eigenvalue weighted by Gasteiger charge is -2.24. The molecule has 0 saturated heterocycles. The standard InChI is InChI=1S/C17H25N5O/c1-4-10-22(13-16-19-9-11-21(16)3)17(23)20-14(2)12-15-7-5-6-8-18-15/h5-9,11,14H,4,10,12-13H2,1-3H3,(H,20,23). The molecule has 23 heavy (non-hydrogen) atoms. The molecule has 0 aliphatic carbocycles. The largest absolute Gasteiger partial charge is 0.337 e. The molecule has 6 nitrogen and oxygen atoms in total. The van der Waals surface area contributed by atoms with Gasteiger partial charge in [0.1, 0.15) is 5.82 Å². The molecule has 0 bridgehead atoms. The molecule has 2 heterocycles. The number of nitrogens with one attached hydrogen (secondary N) is 1. The van der Waals surface area contributed by atoms with E-state index < -0.39 is 0 Å². The van der Waals surface area contributed by atoms with Gasteiger partial charge in [0, 0.05) is 50.3 Å². The molecule has 1 unspecified atom stereocenters. The molecular weight excluding hydrogens is 290 g/mol. The zero-order chi connectivity index (χ0) is 16.7. The Hall–Kier alpha value is -2.37. The summed E-state index contributed by atoms with van der Waals surface area (Å²) in [6.07, 6.45) is 7.04. The molecule has 2 rings (SSSR count). The first-order valence-electron chi connectivity index (χ1n) is 8.01. The van der Waals surface area contributed by atoms with Crippen LogP contribution in [-0.2, 0) is 20.0 Å². The molecule has 124 valence electrons. The number of hydrogen-bond acceptors (Lipinski definition) is 3. The highest BCUT2D eigenvalue weighted by atomic mass is 16.2. The third-order valence-electron chi connectivity index (χ3n) is 3.65. The van der Waals surface area contributed by atoms with E-state index >= 15 is 0 Å². The van der Waals surface area contributed by atoms with E-state index in [1.165, 1.54) is 0 Å². The van der Waals surface area contributed by atoms with E-state index in [0.717, 1.165) is 24.4 Å². The molecular formula is C17H25N5O. The van der Waals surface area contributed by atoms with E-state index in [1.54, 1.807) is 17.3 Å². The summed E-state index contributed by atoms with van der Waals surface area (Å²) >= 11 is 0. The first kappa shape index (κ1) is 17.0. The Morgan fingerprint density at radius 2 is 2.17 bits per heavy atom. The Morgan fingerprint density at radius 1 is 1.35 bits per heavy atom. The van der Waals surface area contributed by atoms with Crippen LogP contribution in [0, 0.1) is 0 Å². The fraction of sp³-hybridized carbons (Fsp3) is 0.471. The fourth-order valence-electron chi connectivity index (χ4n) is 2.43. The van der Waals surface area contributed by atoms with Crippen molar-refractivity contribution in [2.24, 2.45) is 7.05 Å². The molecule has 0 fully saturated rings. The summed E-state index contributed by atoms with van der Waals surface area (Å²) < 4.78 is 1.94. The Balaban J connectivity index is 1.93. The maximum absolute atomic E-state index is 12.5. The minimum Gasteiger partial charge on any atom is -0.337 e. The molecule has 2 aromatic rings. The molecule has 0 aromatic carbocycles. The molecule has 6 heteroatoms. The van der Waals surface area contributed by atoms with Gasteiger partial charge in [-0.3, -0.25) is 4.98 Å². The molecule has 2 aromatic heterocycles. The number of urea groups is 1. The summed E-state index contributed by atoms with van der Waals surface area (Å²) in [6.45, 7) is 5.28. The summed E-state index contributed by atoms with van der Waals surface area (Å²) in [5.41, 5.74) is 0.978. The Labute approximate surface area is 137 Å². The van der Waals surface area contributed by atoms with Crippen LogP contribution in [0.5, 0.6) is 0 Å². The second kappa shape index (κ2) is 8.31. The van der Waals surface area contributed by atoms with Crippen molar-refractivity contribution in [1.82, 2.24) is 24.8 Å². The van der Waals surface area contributed by atoms with E-state index in [4.69, 9.17) is 0 Å². The number of pyridine rings is 1. The van der Waals surface area contributed by atoms with Crippen molar-refractivity contribution >= 4 is 6.03 Å². The number of aromatic nitrogens is 3. The van der Waals surface area contributed by atoms with Crippen LogP contribution in [0.15, 0.2) is 36.8 Å². The predicted molar refractivity (Wildman–Crippen MR) is 89.8 cm³/mol. The lowest BCUT2D eigenvalue weighted by Crippen LogP contribution is -2.45. The van der Waals surface area contributed by atoms with E-state index in [1.807, 2.05) is 42.9 Å². The van der Waals surface area contributed by atoms with Crippen LogP contribution >= 0.6 is 0 Å². The number of nitrogens with zero attached hydrogens (tertiary/aromatic N) is 4. The van der Waals surface area contributed by atoms with Gasteiger partial charge in [-0.05, 0) is 25.5 Å². The molecule has 2 amide bonds. The van der Waals surface area contributed by atoms with Crippen LogP contribution in [-0.4, -0.2) is 38.1 Å². The van der Waals surface area contributed by atoms with Crippen molar-refractivity contribution in [2.75, 3.05) is 6.54 Å². The van der Waals surface area contributed by atoms with Crippen molar-refractivity contribution in [2.45, 2.75) is 39.3 Å². The normalized spacial score (nSPS) is 12.0. The van der Waals surface area contributed by atoms with E-state index in [2.05, 4.69) is 22.2 Å². The van der Waals surface area contributed by atoms with Gasteiger partial charge in [-0.25, -0.2) is 9.78 Å². The predicted octanol–water partition coefficient (Wildman–Crippen LogP) is 2.37. The summed E-state index contributed by atoms with van der Waals surface area (Å²) in [7, 11) is 1.94. The molecule has 0 aliphatic rings. The van der Waals surface area contributed by atoms with E-state index in [9.17, 15) is 4.79 Å². The van der Waals surface area contributed by atoms with Crippen LogP contribution in [0.2, 0.25) is 0 Å². The van der Waals surface area contributed by atoms with Crippen molar-refractivity contribution in [3.63, 3.8) is 0 Å². The number of amides is 2. The second-order valence-electron chi connectivity index (χ2n) is 5.75. The average Bonchev–Trinajstić information content (AvgIpc) is 2.93. The third kappa shape index (κ3) is 5.09. The Bertz CT molecular complexity index is 610. The smallest absolute Gasteiger partial charge is 0.318 e. The van der Waals surface area contributed by atoms with E-state index in [-0.39, 0.29) is 12.1 Å². The molecule has 0 spiro atoms. The highest BCUT2D eigenvalue weighted by Gasteiger charge is 2.17. The quantitative estimate of drug-likeness (QED) is 0.853. The number of hydrogen-bond donors (Lipinski definition) is 1. The second-order valence-corrected chi connectivity index (χ2v) is 5.75. The first-order chi connectivity index (χ1) is 11.1. The van der Waals surface area contributed by atoms with Crippen molar-refractivity contribution < 1.29 is 4.79 Å². The molecule has 0 aliphatic heterocycles. The van der Waals surface area contributed by atoms with Gasteiger partial charge in [-0.2, -0.15) is 0 Å². The van der Waals surface area contributed by atoms with Gasteiger partial charge < -0.3 is 14.8 Å². The van der Waals surface area contributed by atoms with Crippen LogP contribution in [0.25, 0.3) is 0 Å². The maximum Gasteiger partial charge on any atom is 0.318 e. The average molecular weight is 315 g/mol. The number of rotatable bonds is 7. The summed E-state index contributed by atoms with van der Waals surface area (Å²) in [5, 5.41) is 3.06. The lowest BCUT2D eigenvalue weighted by atomic mass is 10.1. The molecule has 1 N–H and O–H groups in total. The van der Waals surface area contributed by atoms with Gasteiger partial charge in [0.05, 0.1) is 6.54 Å². The minimum absolute atomic E-state index is 0.0260. The number of imidazole rings is 1. The van der Waals surface area contributed by atoms with Crippen molar-refractivity contribution in [3.05, 3.63) is 48.3 Å². The van der Waals surface area contributed by atoms with Gasteiger partial charge >= 0.3 is 6.03 Å². The van der Waals surface area contributed by atoms with Gasteiger partial charge in [-0.15, -0.1) is 0 Å². The van der Waals surface area contributed by atoms with E-state index in [0.29, 0.717) is 13.1 Å². The van der Waals surface area contributed by atoms with Gasteiger partial charge in [0.15, 0.2) is 0 Å². The van der Waals surface area contributed by atoms with Gasteiger partial charge in [0.2, 0.25) is 0 Å². The van der Waals surface area contributed by atoms with Crippen LogP contribution in [0.1, 0.15) is 31.8 Å². The third-order valence-corrected chi connectivity index (χ3v) is 3.65. The lowest BCUT2D eigenvalue weighted by molar-refractivity contribution is 0.189.